The van der Waals surface area contributed by atoms with Gasteiger partial charge in [0.15, 0.2) is 0 Å². The molecule has 1 unspecified atom stereocenters. The molecule has 1 aliphatic rings. The molecule has 1 fully saturated rings. The van der Waals surface area contributed by atoms with Crippen LogP contribution in [0, 0.1) is 29.6 Å². The van der Waals surface area contributed by atoms with Crippen molar-refractivity contribution >= 4 is 17.4 Å². The first-order valence-electron chi connectivity index (χ1n) is 8.32. The molecule has 0 aliphatic carbocycles. The molecule has 0 radical (unpaired) electrons. The number of aryl methyl sites for hydroxylation is 1. The second-order valence-electron chi connectivity index (χ2n) is 7.31. The minimum absolute atomic E-state index is 0.0539. The Bertz CT molecular complexity index is 606. The summed E-state index contributed by atoms with van der Waals surface area (Å²) in [6, 6.07) is 2.15. The molecule has 1 atom stereocenters. The molecule has 132 valence electrons. The second kappa shape index (κ2) is 7.95. The first-order chi connectivity index (χ1) is 11.3. The van der Waals surface area contributed by atoms with Crippen molar-refractivity contribution in [3.05, 3.63) is 16.1 Å². The Hall–Kier alpha value is -1.65. The van der Waals surface area contributed by atoms with Crippen molar-refractivity contribution < 1.29 is 4.79 Å². The average molecular weight is 350 g/mol. The Morgan fingerprint density at radius 2 is 2.38 bits per heavy atom. The van der Waals surface area contributed by atoms with Crippen LogP contribution in [0.5, 0.6) is 0 Å². The summed E-state index contributed by atoms with van der Waals surface area (Å²) in [5, 5.41) is 11.9. The Morgan fingerprint density at radius 1 is 1.62 bits per heavy atom. The molecule has 1 aliphatic heterocycles. The third-order valence-corrected chi connectivity index (χ3v) is 5.31. The van der Waals surface area contributed by atoms with Gasteiger partial charge in [-0.15, -0.1) is 11.3 Å². The predicted molar refractivity (Wildman–Crippen MR) is 95.7 cm³/mol. The van der Waals surface area contributed by atoms with Crippen LogP contribution in [-0.2, 0) is 6.54 Å². The molecule has 0 spiro atoms. The Morgan fingerprint density at radius 3 is 3.00 bits per heavy atom. The molecule has 0 aromatic carbocycles. The zero-order valence-corrected chi connectivity index (χ0v) is 15.8. The quantitative estimate of drug-likeness (QED) is 0.856. The summed E-state index contributed by atoms with van der Waals surface area (Å²) in [5.41, 5.74) is 2.48. The van der Waals surface area contributed by atoms with E-state index >= 15 is 0 Å². The Balaban J connectivity index is 1.75. The van der Waals surface area contributed by atoms with Gasteiger partial charge in [-0.3, -0.25) is 0 Å². The maximum absolute atomic E-state index is 12.2. The smallest absolute Gasteiger partial charge is 0.317 e. The van der Waals surface area contributed by atoms with Crippen molar-refractivity contribution in [3.63, 3.8) is 0 Å². The number of likely N-dealkylation sites (tertiary alicyclic amines) is 1. The monoisotopic (exact) mass is 349 g/mol. The molecule has 1 aromatic heterocycles. The van der Waals surface area contributed by atoms with Gasteiger partial charge in [-0.25, -0.2) is 9.78 Å². The molecular weight excluding hydrogens is 322 g/mol. The van der Waals surface area contributed by atoms with Crippen LogP contribution in [0.1, 0.15) is 30.8 Å². The van der Waals surface area contributed by atoms with E-state index in [4.69, 9.17) is 5.26 Å². The lowest BCUT2D eigenvalue weighted by atomic mass is 9.96. The molecule has 6 nitrogen and oxygen atoms in total. The van der Waals surface area contributed by atoms with E-state index in [1.165, 1.54) is 4.88 Å². The van der Waals surface area contributed by atoms with Gasteiger partial charge >= 0.3 is 6.03 Å². The molecular formula is C17H27N5OS. The highest BCUT2D eigenvalue weighted by Gasteiger charge is 2.28. The van der Waals surface area contributed by atoms with Gasteiger partial charge in [0.2, 0.25) is 0 Å². The van der Waals surface area contributed by atoms with Gasteiger partial charge < -0.3 is 15.1 Å². The second-order valence-corrected chi connectivity index (χ2v) is 8.25. The Labute approximate surface area is 148 Å². The van der Waals surface area contributed by atoms with Gasteiger partial charge in [0.05, 0.1) is 22.7 Å². The van der Waals surface area contributed by atoms with Crippen molar-refractivity contribution in [1.29, 1.82) is 5.26 Å². The number of amides is 2. The largest absolute Gasteiger partial charge is 0.336 e. The predicted octanol–water partition coefficient (Wildman–Crippen LogP) is 2.46. The molecule has 24 heavy (non-hydrogen) atoms. The minimum Gasteiger partial charge on any atom is -0.336 e. The van der Waals surface area contributed by atoms with Crippen molar-refractivity contribution in [2.75, 3.05) is 33.2 Å². The van der Waals surface area contributed by atoms with E-state index in [1.807, 2.05) is 31.2 Å². The van der Waals surface area contributed by atoms with E-state index in [0.717, 1.165) is 38.3 Å². The van der Waals surface area contributed by atoms with Crippen LogP contribution in [0.25, 0.3) is 0 Å². The van der Waals surface area contributed by atoms with Crippen molar-refractivity contribution in [2.24, 2.45) is 11.3 Å². The molecule has 1 saturated heterocycles. The summed E-state index contributed by atoms with van der Waals surface area (Å²) in [7, 11) is 2.12. The summed E-state index contributed by atoms with van der Waals surface area (Å²) >= 11 is 1.70. The van der Waals surface area contributed by atoms with Crippen LogP contribution in [0.3, 0.4) is 0 Å². The first kappa shape index (κ1) is 18.7. The maximum atomic E-state index is 12.2. The lowest BCUT2D eigenvalue weighted by Gasteiger charge is -2.23. The van der Waals surface area contributed by atoms with E-state index in [0.29, 0.717) is 12.5 Å². The Kier molecular flexibility index (Phi) is 6.19. The van der Waals surface area contributed by atoms with E-state index in [1.54, 1.807) is 11.3 Å². The van der Waals surface area contributed by atoms with E-state index < -0.39 is 5.41 Å². The summed E-state index contributed by atoms with van der Waals surface area (Å²) in [5.74, 6) is 0.498. The number of hydrogen-bond donors (Lipinski definition) is 1. The molecule has 0 bridgehead atoms. The van der Waals surface area contributed by atoms with Gasteiger partial charge in [-0.1, -0.05) is 0 Å². The van der Waals surface area contributed by atoms with Gasteiger partial charge in [-0.2, -0.15) is 5.26 Å². The number of nitrogens with zero attached hydrogens (tertiary/aromatic N) is 4. The van der Waals surface area contributed by atoms with E-state index in [9.17, 15) is 4.79 Å². The number of carbonyl (C=O) groups excluding carboxylic acids is 1. The number of nitriles is 1. The lowest BCUT2D eigenvalue weighted by molar-refractivity contribution is 0.201. The van der Waals surface area contributed by atoms with Crippen LogP contribution >= 0.6 is 11.3 Å². The summed E-state index contributed by atoms with van der Waals surface area (Å²) in [4.78, 5) is 22.0. The van der Waals surface area contributed by atoms with Crippen LogP contribution in [0.2, 0.25) is 0 Å². The van der Waals surface area contributed by atoms with Crippen LogP contribution in [-0.4, -0.2) is 54.0 Å². The maximum Gasteiger partial charge on any atom is 0.317 e. The van der Waals surface area contributed by atoms with Gasteiger partial charge in [0, 0.05) is 37.6 Å². The van der Waals surface area contributed by atoms with Crippen LogP contribution < -0.4 is 5.32 Å². The molecule has 0 saturated carbocycles. The molecule has 2 amide bonds. The number of hydrogen-bond acceptors (Lipinski definition) is 5. The number of aromatic nitrogens is 1. The van der Waals surface area contributed by atoms with Crippen LogP contribution in [0.15, 0.2) is 5.51 Å². The fourth-order valence-corrected chi connectivity index (χ4v) is 3.70. The summed E-state index contributed by atoms with van der Waals surface area (Å²) in [6.45, 7) is 9.55. The topological polar surface area (TPSA) is 72.3 Å². The number of urea groups is 1. The highest BCUT2D eigenvalue weighted by atomic mass is 32.1. The minimum atomic E-state index is -0.526. The third-order valence-electron chi connectivity index (χ3n) is 4.39. The number of carbonyl (C=O) groups is 1. The number of rotatable bonds is 6. The van der Waals surface area contributed by atoms with Crippen molar-refractivity contribution in [2.45, 2.75) is 33.7 Å². The van der Waals surface area contributed by atoms with Crippen molar-refractivity contribution in [3.8, 4) is 6.07 Å². The molecule has 1 N–H and O–H groups in total. The summed E-state index contributed by atoms with van der Waals surface area (Å²) < 4.78 is 0. The highest BCUT2D eigenvalue weighted by molar-refractivity contribution is 7.09. The van der Waals surface area contributed by atoms with E-state index in [-0.39, 0.29) is 6.03 Å². The van der Waals surface area contributed by atoms with Crippen LogP contribution in [0.4, 0.5) is 4.79 Å². The number of nitrogens with one attached hydrogen (secondary N) is 1. The van der Waals surface area contributed by atoms with Gasteiger partial charge in [-0.05, 0) is 40.2 Å². The van der Waals surface area contributed by atoms with E-state index in [2.05, 4.69) is 28.3 Å². The highest BCUT2D eigenvalue weighted by Crippen LogP contribution is 2.20. The average Bonchev–Trinajstić information content (AvgIpc) is 3.15. The van der Waals surface area contributed by atoms with Gasteiger partial charge in [0.1, 0.15) is 0 Å². The summed E-state index contributed by atoms with van der Waals surface area (Å²) in [6.07, 6.45) is 1.03. The molecule has 1 aromatic rings. The van der Waals surface area contributed by atoms with Crippen molar-refractivity contribution in [1.82, 2.24) is 20.1 Å². The zero-order valence-electron chi connectivity index (χ0n) is 15.0. The third kappa shape index (κ3) is 5.18. The SMILES string of the molecule is Cc1ncsc1CN(C)CC1CCN(C(=O)NCC(C)(C)C#N)C1. The zero-order chi connectivity index (χ0) is 17.7. The number of thiazole rings is 1. The van der Waals surface area contributed by atoms with Gasteiger partial charge in [0.25, 0.3) is 0 Å². The molecule has 2 heterocycles. The normalized spacial score (nSPS) is 18.0. The molecule has 2 rings (SSSR count). The fraction of sp³-hybridized carbons (Fsp3) is 0.706. The standard InChI is InChI=1S/C17H27N5OS/c1-13-15(24-12-20-13)9-21(4)7-14-5-6-22(8-14)16(23)19-11-17(2,3)10-18/h12,14H,5-9,11H2,1-4H3,(H,19,23). The molecule has 7 heteroatoms. The first-order valence-corrected chi connectivity index (χ1v) is 9.20. The lowest BCUT2D eigenvalue weighted by Crippen LogP contribution is -2.42. The fourth-order valence-electron chi connectivity index (χ4n) is 2.84.